The maximum Gasteiger partial charge on any atom is 0.335 e. The van der Waals surface area contributed by atoms with Crippen molar-refractivity contribution < 1.29 is 19.4 Å². The first kappa shape index (κ1) is 19.2. The molecule has 30 heavy (non-hydrogen) atoms. The standard InChI is InChI=1S/C25H19NO4/c1-30-23-8-3-2-6-21(23)20-7-4-5-16-9-10-18(15-22(16)20)24(27)26-19-13-11-17(12-14-19)25(28)29/h2-15H,1H3,(H,26,27)(H,28,29). The molecule has 0 fully saturated rings. The summed E-state index contributed by atoms with van der Waals surface area (Å²) in [6.45, 7) is 0. The van der Waals surface area contributed by atoms with Crippen molar-refractivity contribution in [3.05, 3.63) is 96.1 Å². The van der Waals surface area contributed by atoms with Crippen molar-refractivity contribution >= 4 is 28.3 Å². The molecule has 2 N–H and O–H groups in total. The Labute approximate surface area is 173 Å². The molecular weight excluding hydrogens is 378 g/mol. The Kier molecular flexibility index (Phi) is 5.18. The van der Waals surface area contributed by atoms with Gasteiger partial charge in [0.1, 0.15) is 5.75 Å². The van der Waals surface area contributed by atoms with Crippen LogP contribution in [0.1, 0.15) is 20.7 Å². The largest absolute Gasteiger partial charge is 0.496 e. The number of nitrogens with one attached hydrogen (secondary N) is 1. The summed E-state index contributed by atoms with van der Waals surface area (Å²) in [4.78, 5) is 23.8. The number of aromatic carboxylic acids is 1. The normalized spacial score (nSPS) is 10.6. The van der Waals surface area contributed by atoms with E-state index in [4.69, 9.17) is 9.84 Å². The maximum atomic E-state index is 12.8. The van der Waals surface area contributed by atoms with Crippen LogP contribution in [0.4, 0.5) is 5.69 Å². The topological polar surface area (TPSA) is 75.6 Å². The number of carboxylic acids is 1. The summed E-state index contributed by atoms with van der Waals surface area (Å²) in [6, 6.07) is 25.4. The molecule has 0 saturated carbocycles. The molecule has 5 nitrogen and oxygen atoms in total. The molecule has 148 valence electrons. The second kappa shape index (κ2) is 8.09. The number of para-hydroxylation sites is 1. The average Bonchev–Trinajstić information content (AvgIpc) is 2.78. The highest BCUT2D eigenvalue weighted by molar-refractivity contribution is 6.08. The van der Waals surface area contributed by atoms with Crippen molar-refractivity contribution in [2.45, 2.75) is 0 Å². The molecule has 0 aromatic heterocycles. The van der Waals surface area contributed by atoms with Gasteiger partial charge in [-0.15, -0.1) is 0 Å². The molecule has 0 atom stereocenters. The van der Waals surface area contributed by atoms with E-state index in [2.05, 4.69) is 5.32 Å². The molecule has 0 heterocycles. The SMILES string of the molecule is COc1ccccc1-c1cccc2ccc(C(=O)Nc3ccc(C(=O)O)cc3)cc12. The van der Waals surface area contributed by atoms with Crippen molar-refractivity contribution in [2.24, 2.45) is 0 Å². The zero-order valence-corrected chi connectivity index (χ0v) is 16.3. The van der Waals surface area contributed by atoms with Crippen LogP contribution < -0.4 is 10.1 Å². The van der Waals surface area contributed by atoms with Gasteiger partial charge in [0.25, 0.3) is 5.91 Å². The molecule has 4 aromatic rings. The fourth-order valence-corrected chi connectivity index (χ4v) is 3.42. The Bertz CT molecular complexity index is 1250. The molecule has 0 saturated heterocycles. The number of methoxy groups -OCH3 is 1. The van der Waals surface area contributed by atoms with Crippen LogP contribution in [0.15, 0.2) is 84.9 Å². The summed E-state index contributed by atoms with van der Waals surface area (Å²) >= 11 is 0. The van der Waals surface area contributed by atoms with Gasteiger partial charge < -0.3 is 15.2 Å². The number of carbonyl (C=O) groups is 2. The summed E-state index contributed by atoms with van der Waals surface area (Å²) in [5.41, 5.74) is 3.13. The lowest BCUT2D eigenvalue weighted by Gasteiger charge is -2.12. The van der Waals surface area contributed by atoms with Gasteiger partial charge in [-0.3, -0.25) is 4.79 Å². The fraction of sp³-hybridized carbons (Fsp3) is 0.0400. The number of rotatable bonds is 5. The molecule has 4 rings (SSSR count). The maximum absolute atomic E-state index is 12.8. The molecule has 1 amide bonds. The second-order valence-corrected chi connectivity index (χ2v) is 6.78. The van der Waals surface area contributed by atoms with Crippen LogP contribution >= 0.6 is 0 Å². The highest BCUT2D eigenvalue weighted by Crippen LogP contribution is 2.35. The van der Waals surface area contributed by atoms with Crippen LogP contribution in [0.2, 0.25) is 0 Å². The second-order valence-electron chi connectivity index (χ2n) is 6.78. The molecule has 0 radical (unpaired) electrons. The number of hydrogen-bond acceptors (Lipinski definition) is 3. The van der Waals surface area contributed by atoms with Crippen LogP contribution in [0.25, 0.3) is 21.9 Å². The van der Waals surface area contributed by atoms with E-state index in [1.165, 1.54) is 12.1 Å². The van der Waals surface area contributed by atoms with Crippen LogP contribution in [0, 0.1) is 0 Å². The first-order valence-corrected chi connectivity index (χ1v) is 9.37. The third-order valence-electron chi connectivity index (χ3n) is 4.93. The Morgan fingerprint density at radius 2 is 1.50 bits per heavy atom. The van der Waals surface area contributed by atoms with Crippen molar-refractivity contribution in [1.82, 2.24) is 0 Å². The Hall–Kier alpha value is -4.12. The van der Waals surface area contributed by atoms with Crippen molar-refractivity contribution in [3.8, 4) is 16.9 Å². The quantitative estimate of drug-likeness (QED) is 0.468. The van der Waals surface area contributed by atoms with Gasteiger partial charge in [-0.1, -0.05) is 42.5 Å². The molecule has 0 unspecified atom stereocenters. The van der Waals surface area contributed by atoms with E-state index in [-0.39, 0.29) is 11.5 Å². The zero-order valence-electron chi connectivity index (χ0n) is 16.3. The lowest BCUT2D eigenvalue weighted by Crippen LogP contribution is -2.12. The molecular formula is C25H19NO4. The number of amides is 1. The summed E-state index contributed by atoms with van der Waals surface area (Å²) in [6.07, 6.45) is 0. The summed E-state index contributed by atoms with van der Waals surface area (Å²) in [5.74, 6) is -0.514. The first-order chi connectivity index (χ1) is 14.6. The van der Waals surface area contributed by atoms with Gasteiger partial charge >= 0.3 is 5.97 Å². The van der Waals surface area contributed by atoms with Crippen molar-refractivity contribution in [1.29, 1.82) is 0 Å². The first-order valence-electron chi connectivity index (χ1n) is 9.37. The van der Waals surface area contributed by atoms with Gasteiger partial charge in [0.15, 0.2) is 0 Å². The van der Waals surface area contributed by atoms with E-state index in [9.17, 15) is 9.59 Å². The van der Waals surface area contributed by atoms with Crippen molar-refractivity contribution in [3.63, 3.8) is 0 Å². The smallest absolute Gasteiger partial charge is 0.335 e. The monoisotopic (exact) mass is 397 g/mol. The van der Waals surface area contributed by atoms with E-state index in [1.807, 2.05) is 54.6 Å². The predicted molar refractivity (Wildman–Crippen MR) is 117 cm³/mol. The Balaban J connectivity index is 1.70. The van der Waals surface area contributed by atoms with Crippen LogP contribution in [0.5, 0.6) is 5.75 Å². The van der Waals surface area contributed by atoms with E-state index in [0.717, 1.165) is 27.6 Å². The number of hydrogen-bond donors (Lipinski definition) is 2. The molecule has 4 aromatic carbocycles. The minimum Gasteiger partial charge on any atom is -0.496 e. The van der Waals surface area contributed by atoms with Gasteiger partial charge in [0.2, 0.25) is 0 Å². The molecule has 0 spiro atoms. The Morgan fingerprint density at radius 1 is 0.800 bits per heavy atom. The van der Waals surface area contributed by atoms with E-state index in [1.54, 1.807) is 25.3 Å². The van der Waals surface area contributed by atoms with E-state index >= 15 is 0 Å². The molecule has 0 aliphatic heterocycles. The predicted octanol–water partition coefficient (Wildman–Crippen LogP) is 5.47. The van der Waals surface area contributed by atoms with E-state index in [0.29, 0.717) is 11.3 Å². The summed E-state index contributed by atoms with van der Waals surface area (Å²) < 4.78 is 5.51. The highest BCUT2D eigenvalue weighted by atomic mass is 16.5. The number of carbonyl (C=O) groups excluding carboxylic acids is 1. The Morgan fingerprint density at radius 3 is 2.23 bits per heavy atom. The molecule has 0 aliphatic carbocycles. The summed E-state index contributed by atoms with van der Waals surface area (Å²) in [5, 5.41) is 13.8. The minimum absolute atomic E-state index is 0.167. The average molecular weight is 397 g/mol. The molecule has 0 bridgehead atoms. The fourth-order valence-electron chi connectivity index (χ4n) is 3.42. The zero-order chi connectivity index (χ0) is 21.1. The van der Waals surface area contributed by atoms with Gasteiger partial charge in [0.05, 0.1) is 12.7 Å². The van der Waals surface area contributed by atoms with Gasteiger partial charge in [-0.05, 0) is 58.8 Å². The number of carboxylic acid groups (broad SMARTS) is 1. The van der Waals surface area contributed by atoms with Gasteiger partial charge in [0, 0.05) is 16.8 Å². The van der Waals surface area contributed by atoms with Crippen molar-refractivity contribution in [2.75, 3.05) is 12.4 Å². The van der Waals surface area contributed by atoms with Crippen LogP contribution in [-0.2, 0) is 0 Å². The van der Waals surface area contributed by atoms with Gasteiger partial charge in [-0.2, -0.15) is 0 Å². The number of fused-ring (bicyclic) bond motifs is 1. The number of ether oxygens (including phenoxy) is 1. The number of anilines is 1. The number of benzene rings is 4. The van der Waals surface area contributed by atoms with Crippen LogP contribution in [0.3, 0.4) is 0 Å². The van der Waals surface area contributed by atoms with Crippen LogP contribution in [-0.4, -0.2) is 24.1 Å². The molecule has 5 heteroatoms. The van der Waals surface area contributed by atoms with Gasteiger partial charge in [-0.25, -0.2) is 4.79 Å². The third kappa shape index (κ3) is 3.73. The van der Waals surface area contributed by atoms with E-state index < -0.39 is 5.97 Å². The lowest BCUT2D eigenvalue weighted by molar-refractivity contribution is 0.0696. The summed E-state index contributed by atoms with van der Waals surface area (Å²) in [7, 11) is 1.64. The molecule has 0 aliphatic rings. The lowest BCUT2D eigenvalue weighted by atomic mass is 9.96. The highest BCUT2D eigenvalue weighted by Gasteiger charge is 2.12. The third-order valence-corrected chi connectivity index (χ3v) is 4.93. The minimum atomic E-state index is -1.01.